The molecule has 5 heteroatoms. The van der Waals surface area contributed by atoms with Crippen LogP contribution in [0.5, 0.6) is 0 Å². The summed E-state index contributed by atoms with van der Waals surface area (Å²) in [4.78, 5) is 0.444. The van der Waals surface area contributed by atoms with Crippen LogP contribution in [0.3, 0.4) is 0 Å². The lowest BCUT2D eigenvalue weighted by atomic mass is 10.1. The minimum Gasteiger partial charge on any atom is -0.313 e. The molecule has 0 aliphatic heterocycles. The Morgan fingerprint density at radius 1 is 1.10 bits per heavy atom. The van der Waals surface area contributed by atoms with Crippen molar-refractivity contribution in [1.82, 2.24) is 9.62 Å². The molecule has 0 radical (unpaired) electrons. The molecular formula is C16H28N2O2S. The van der Waals surface area contributed by atoms with Gasteiger partial charge in [0, 0.05) is 19.6 Å². The molecule has 0 aromatic heterocycles. The molecule has 0 fully saturated rings. The summed E-state index contributed by atoms with van der Waals surface area (Å²) in [5, 5.41) is 3.26. The van der Waals surface area contributed by atoms with Crippen molar-refractivity contribution in [1.29, 1.82) is 0 Å². The Labute approximate surface area is 129 Å². The van der Waals surface area contributed by atoms with Crippen LogP contribution in [0.15, 0.2) is 23.1 Å². The first-order valence-corrected chi connectivity index (χ1v) is 9.22. The highest BCUT2D eigenvalue weighted by Crippen LogP contribution is 2.23. The van der Waals surface area contributed by atoms with E-state index >= 15 is 0 Å². The number of hydrogen-bond donors (Lipinski definition) is 1. The molecule has 4 nitrogen and oxygen atoms in total. The second-order valence-corrected chi connectivity index (χ2v) is 7.13. The fraction of sp³-hybridized carbons (Fsp3) is 0.625. The topological polar surface area (TPSA) is 49.4 Å². The maximum Gasteiger partial charge on any atom is 0.243 e. The summed E-state index contributed by atoms with van der Waals surface area (Å²) >= 11 is 0. The number of rotatable bonds is 9. The monoisotopic (exact) mass is 312 g/mol. The molecule has 1 rings (SSSR count). The third-order valence-electron chi connectivity index (χ3n) is 3.53. The average Bonchev–Trinajstić information content (AvgIpc) is 2.45. The standard InChI is InChI=1S/C16H28N2O2S/c1-5-11-18(12-6-2)21(19,20)16-10-8-9-15(14(16)4)13-17-7-3/h8-10,17H,5-7,11-13H2,1-4H3. The van der Waals surface area contributed by atoms with Crippen LogP contribution in [0.4, 0.5) is 0 Å². The first-order chi connectivity index (χ1) is 9.98. The van der Waals surface area contributed by atoms with Gasteiger partial charge in [-0.1, -0.05) is 32.9 Å². The molecular weight excluding hydrogens is 284 g/mol. The summed E-state index contributed by atoms with van der Waals surface area (Å²) < 4.78 is 27.3. The predicted molar refractivity (Wildman–Crippen MR) is 87.9 cm³/mol. The number of benzene rings is 1. The molecule has 0 saturated carbocycles. The Kier molecular flexibility index (Phi) is 7.35. The molecule has 1 N–H and O–H groups in total. The number of sulfonamides is 1. The molecule has 0 saturated heterocycles. The SMILES string of the molecule is CCCN(CCC)S(=O)(=O)c1cccc(CNCC)c1C. The van der Waals surface area contributed by atoms with Crippen molar-refractivity contribution in [3.63, 3.8) is 0 Å². The van der Waals surface area contributed by atoms with Crippen LogP contribution in [0.1, 0.15) is 44.7 Å². The average molecular weight is 312 g/mol. The maximum absolute atomic E-state index is 12.9. The number of nitrogens with zero attached hydrogens (tertiary/aromatic N) is 1. The summed E-state index contributed by atoms with van der Waals surface area (Å²) in [6.07, 6.45) is 1.66. The highest BCUT2D eigenvalue weighted by Gasteiger charge is 2.25. The fourth-order valence-electron chi connectivity index (χ4n) is 2.38. The van der Waals surface area contributed by atoms with E-state index in [-0.39, 0.29) is 0 Å². The maximum atomic E-state index is 12.9. The lowest BCUT2D eigenvalue weighted by Gasteiger charge is -2.23. The van der Waals surface area contributed by atoms with E-state index in [1.54, 1.807) is 10.4 Å². The van der Waals surface area contributed by atoms with Gasteiger partial charge in [0.2, 0.25) is 10.0 Å². The van der Waals surface area contributed by atoms with Gasteiger partial charge >= 0.3 is 0 Å². The van der Waals surface area contributed by atoms with E-state index < -0.39 is 10.0 Å². The van der Waals surface area contributed by atoms with Crippen molar-refractivity contribution in [2.24, 2.45) is 0 Å². The van der Waals surface area contributed by atoms with Crippen LogP contribution in [0.2, 0.25) is 0 Å². The van der Waals surface area contributed by atoms with Gasteiger partial charge in [-0.25, -0.2) is 8.42 Å². The van der Waals surface area contributed by atoms with Crippen LogP contribution in [-0.4, -0.2) is 32.4 Å². The van der Waals surface area contributed by atoms with Gasteiger partial charge < -0.3 is 5.32 Å². The van der Waals surface area contributed by atoms with Crippen molar-refractivity contribution >= 4 is 10.0 Å². The van der Waals surface area contributed by atoms with Crippen molar-refractivity contribution in [3.05, 3.63) is 29.3 Å². The van der Waals surface area contributed by atoms with Gasteiger partial charge in [-0.05, 0) is 43.5 Å². The van der Waals surface area contributed by atoms with Gasteiger partial charge in [0.15, 0.2) is 0 Å². The van der Waals surface area contributed by atoms with E-state index in [4.69, 9.17) is 0 Å². The number of nitrogens with one attached hydrogen (secondary N) is 1. The Bertz CT molecular complexity index is 535. The van der Waals surface area contributed by atoms with Crippen molar-refractivity contribution in [3.8, 4) is 0 Å². The normalized spacial score (nSPS) is 12.0. The Balaban J connectivity index is 3.17. The van der Waals surface area contributed by atoms with E-state index in [0.717, 1.165) is 30.5 Å². The zero-order valence-electron chi connectivity index (χ0n) is 13.6. The molecule has 21 heavy (non-hydrogen) atoms. The Morgan fingerprint density at radius 2 is 1.71 bits per heavy atom. The van der Waals surface area contributed by atoms with Gasteiger partial charge in [0.1, 0.15) is 0 Å². The van der Waals surface area contributed by atoms with Crippen LogP contribution >= 0.6 is 0 Å². The van der Waals surface area contributed by atoms with Crippen LogP contribution in [0.25, 0.3) is 0 Å². The van der Waals surface area contributed by atoms with Crippen molar-refractivity contribution in [2.45, 2.75) is 52.0 Å². The lowest BCUT2D eigenvalue weighted by molar-refractivity contribution is 0.409. The summed E-state index contributed by atoms with van der Waals surface area (Å²) in [7, 11) is -3.40. The van der Waals surface area contributed by atoms with Gasteiger partial charge in [-0.2, -0.15) is 4.31 Å². The fourth-order valence-corrected chi connectivity index (χ4v) is 4.27. The molecule has 1 aromatic rings. The van der Waals surface area contributed by atoms with Gasteiger partial charge in [0.05, 0.1) is 4.90 Å². The zero-order chi connectivity index (χ0) is 15.9. The highest BCUT2D eigenvalue weighted by molar-refractivity contribution is 7.89. The van der Waals surface area contributed by atoms with Crippen LogP contribution in [-0.2, 0) is 16.6 Å². The Morgan fingerprint density at radius 3 is 2.24 bits per heavy atom. The molecule has 120 valence electrons. The molecule has 0 unspecified atom stereocenters. The molecule has 0 spiro atoms. The van der Waals surface area contributed by atoms with Crippen LogP contribution in [0, 0.1) is 6.92 Å². The summed E-state index contributed by atoms with van der Waals surface area (Å²) in [6, 6.07) is 5.54. The molecule has 1 aromatic carbocycles. The summed E-state index contributed by atoms with van der Waals surface area (Å²) in [5.74, 6) is 0. The summed E-state index contributed by atoms with van der Waals surface area (Å²) in [5.41, 5.74) is 1.90. The summed E-state index contributed by atoms with van der Waals surface area (Å²) in [6.45, 7) is 10.7. The first kappa shape index (κ1) is 18.1. The molecule has 0 bridgehead atoms. The van der Waals surface area contributed by atoms with E-state index in [1.165, 1.54) is 0 Å². The van der Waals surface area contributed by atoms with Gasteiger partial charge in [0.25, 0.3) is 0 Å². The third kappa shape index (κ3) is 4.53. The predicted octanol–water partition coefficient (Wildman–Crippen LogP) is 2.92. The molecule has 0 amide bonds. The Hall–Kier alpha value is -0.910. The molecule has 0 aliphatic rings. The van der Waals surface area contributed by atoms with E-state index in [9.17, 15) is 8.42 Å². The van der Waals surface area contributed by atoms with Crippen molar-refractivity contribution < 1.29 is 8.42 Å². The molecule has 0 heterocycles. The largest absolute Gasteiger partial charge is 0.313 e. The highest BCUT2D eigenvalue weighted by atomic mass is 32.2. The molecule has 0 atom stereocenters. The van der Waals surface area contributed by atoms with E-state index in [1.807, 2.05) is 39.8 Å². The third-order valence-corrected chi connectivity index (χ3v) is 5.57. The quantitative estimate of drug-likeness (QED) is 0.763. The minimum atomic E-state index is -3.40. The van der Waals surface area contributed by atoms with E-state index in [2.05, 4.69) is 5.32 Å². The smallest absolute Gasteiger partial charge is 0.243 e. The number of hydrogen-bond acceptors (Lipinski definition) is 3. The first-order valence-electron chi connectivity index (χ1n) is 7.78. The van der Waals surface area contributed by atoms with Crippen molar-refractivity contribution in [2.75, 3.05) is 19.6 Å². The zero-order valence-corrected chi connectivity index (χ0v) is 14.5. The van der Waals surface area contributed by atoms with Gasteiger partial charge in [-0.3, -0.25) is 0 Å². The second kappa shape index (κ2) is 8.51. The van der Waals surface area contributed by atoms with Gasteiger partial charge in [-0.15, -0.1) is 0 Å². The van der Waals surface area contributed by atoms with Crippen LogP contribution < -0.4 is 5.32 Å². The minimum absolute atomic E-state index is 0.444. The molecule has 0 aliphatic carbocycles. The second-order valence-electron chi connectivity index (χ2n) is 5.22. The van der Waals surface area contributed by atoms with E-state index in [0.29, 0.717) is 24.5 Å². The lowest BCUT2D eigenvalue weighted by Crippen LogP contribution is -2.33.